The van der Waals surface area contributed by atoms with Gasteiger partial charge in [-0.1, -0.05) is 13.8 Å². The van der Waals surface area contributed by atoms with Gasteiger partial charge in [0.2, 0.25) is 0 Å². The molecule has 2 heterocycles. The van der Waals surface area contributed by atoms with Crippen molar-refractivity contribution in [3.8, 4) is 0 Å². The molecule has 1 aromatic heterocycles. The molecule has 0 bridgehead atoms. The Bertz CT molecular complexity index is 348. The molecule has 1 N–H and O–H groups in total. The number of nitrogens with one attached hydrogen (secondary N) is 1. The molecule has 2 rings (SSSR count). The third-order valence-corrected chi connectivity index (χ3v) is 4.72. The van der Waals surface area contributed by atoms with Crippen molar-refractivity contribution in [1.82, 2.24) is 10.2 Å². The van der Waals surface area contributed by atoms with Crippen LogP contribution in [0.15, 0.2) is 12.1 Å². The van der Waals surface area contributed by atoms with E-state index in [4.69, 9.17) is 0 Å². The summed E-state index contributed by atoms with van der Waals surface area (Å²) in [6.07, 6.45) is 2.48. The van der Waals surface area contributed by atoms with Crippen LogP contribution >= 0.6 is 11.3 Å². The van der Waals surface area contributed by atoms with E-state index in [0.717, 1.165) is 13.1 Å². The molecule has 0 aliphatic carbocycles. The Hall–Kier alpha value is -0.380. The highest BCUT2D eigenvalue weighted by Gasteiger charge is 2.25. The fraction of sp³-hybridized carbons (Fsp3) is 0.714. The summed E-state index contributed by atoms with van der Waals surface area (Å²) >= 11 is 1.94. The van der Waals surface area contributed by atoms with Crippen LogP contribution < -0.4 is 5.32 Å². The van der Waals surface area contributed by atoms with Crippen molar-refractivity contribution >= 4 is 11.3 Å². The molecule has 1 saturated heterocycles. The fourth-order valence-corrected chi connectivity index (χ4v) is 3.48. The van der Waals surface area contributed by atoms with E-state index in [0.29, 0.717) is 12.1 Å². The molecule has 0 amide bonds. The number of nitrogens with zero attached hydrogens (tertiary/aromatic N) is 1. The van der Waals surface area contributed by atoms with E-state index in [2.05, 4.69) is 43.1 Å². The number of piperazine rings is 1. The highest BCUT2D eigenvalue weighted by atomic mass is 32.1. The lowest BCUT2D eigenvalue weighted by Crippen LogP contribution is -2.55. The van der Waals surface area contributed by atoms with Gasteiger partial charge >= 0.3 is 0 Å². The van der Waals surface area contributed by atoms with E-state index in [1.807, 2.05) is 11.3 Å². The van der Waals surface area contributed by atoms with Crippen molar-refractivity contribution < 1.29 is 0 Å². The highest BCUT2D eigenvalue weighted by Crippen LogP contribution is 2.21. The minimum Gasteiger partial charge on any atom is -0.311 e. The minimum atomic E-state index is 0.679. The zero-order valence-corrected chi connectivity index (χ0v) is 12.0. The Balaban J connectivity index is 2.00. The van der Waals surface area contributed by atoms with Gasteiger partial charge in [-0.2, -0.15) is 0 Å². The average Bonchev–Trinajstić information content (AvgIpc) is 2.74. The van der Waals surface area contributed by atoms with Crippen molar-refractivity contribution in [2.75, 3.05) is 13.1 Å². The van der Waals surface area contributed by atoms with E-state index in [1.54, 1.807) is 0 Å². The van der Waals surface area contributed by atoms with E-state index in [1.165, 1.54) is 29.1 Å². The molecule has 0 spiro atoms. The van der Waals surface area contributed by atoms with Gasteiger partial charge < -0.3 is 5.32 Å². The van der Waals surface area contributed by atoms with Crippen LogP contribution in [0.1, 0.15) is 36.4 Å². The Morgan fingerprint density at radius 3 is 2.76 bits per heavy atom. The lowest BCUT2D eigenvalue weighted by Gasteiger charge is -2.39. The zero-order chi connectivity index (χ0) is 12.3. The number of rotatable bonds is 4. The van der Waals surface area contributed by atoms with Crippen LogP contribution in [-0.2, 0) is 6.54 Å². The molecule has 96 valence electrons. The first-order valence-electron chi connectivity index (χ1n) is 6.75. The third kappa shape index (κ3) is 3.30. The Morgan fingerprint density at radius 2 is 2.18 bits per heavy atom. The molecule has 1 aromatic rings. The van der Waals surface area contributed by atoms with Gasteiger partial charge in [0.1, 0.15) is 0 Å². The topological polar surface area (TPSA) is 15.3 Å². The largest absolute Gasteiger partial charge is 0.311 e. The minimum absolute atomic E-state index is 0.679. The SMILES string of the molecule is CCC1CN(Cc2ccc(C)s2)C(CC)CN1. The second-order valence-electron chi connectivity index (χ2n) is 5.02. The van der Waals surface area contributed by atoms with Gasteiger partial charge in [0, 0.05) is 41.5 Å². The van der Waals surface area contributed by atoms with Crippen LogP contribution in [0.2, 0.25) is 0 Å². The Morgan fingerprint density at radius 1 is 1.35 bits per heavy atom. The summed E-state index contributed by atoms with van der Waals surface area (Å²) in [5, 5.41) is 3.65. The summed E-state index contributed by atoms with van der Waals surface area (Å²) in [5.74, 6) is 0. The van der Waals surface area contributed by atoms with Crippen molar-refractivity contribution in [2.24, 2.45) is 0 Å². The summed E-state index contributed by atoms with van der Waals surface area (Å²) in [6, 6.07) is 5.91. The van der Waals surface area contributed by atoms with Gasteiger partial charge in [-0.3, -0.25) is 4.90 Å². The van der Waals surface area contributed by atoms with E-state index >= 15 is 0 Å². The first-order chi connectivity index (χ1) is 8.22. The Kier molecular flexibility index (Phi) is 4.60. The molecule has 0 aromatic carbocycles. The van der Waals surface area contributed by atoms with E-state index in [-0.39, 0.29) is 0 Å². The highest BCUT2D eigenvalue weighted by molar-refractivity contribution is 7.11. The summed E-state index contributed by atoms with van der Waals surface area (Å²) in [4.78, 5) is 5.60. The second-order valence-corrected chi connectivity index (χ2v) is 6.39. The molecule has 0 radical (unpaired) electrons. The van der Waals surface area contributed by atoms with Crippen molar-refractivity contribution in [2.45, 2.75) is 52.2 Å². The predicted molar refractivity (Wildman–Crippen MR) is 75.6 cm³/mol. The summed E-state index contributed by atoms with van der Waals surface area (Å²) in [6.45, 7) is 10.3. The summed E-state index contributed by atoms with van der Waals surface area (Å²) in [5.41, 5.74) is 0. The van der Waals surface area contributed by atoms with Crippen molar-refractivity contribution in [1.29, 1.82) is 0 Å². The molecule has 3 heteroatoms. The second kappa shape index (κ2) is 5.98. The smallest absolute Gasteiger partial charge is 0.0332 e. The molecule has 0 saturated carbocycles. The Labute approximate surface area is 109 Å². The predicted octanol–water partition coefficient (Wildman–Crippen LogP) is 3.02. The van der Waals surface area contributed by atoms with Crippen LogP contribution in [-0.4, -0.2) is 30.1 Å². The molecule has 1 aliphatic rings. The molecule has 2 atom stereocenters. The summed E-state index contributed by atoms with van der Waals surface area (Å²) in [7, 11) is 0. The first-order valence-corrected chi connectivity index (χ1v) is 7.57. The molecule has 2 nitrogen and oxygen atoms in total. The first kappa shape index (κ1) is 13.1. The maximum absolute atomic E-state index is 3.65. The molecular weight excluding hydrogens is 228 g/mol. The van der Waals surface area contributed by atoms with E-state index < -0.39 is 0 Å². The van der Waals surface area contributed by atoms with Crippen LogP contribution in [0.25, 0.3) is 0 Å². The van der Waals surface area contributed by atoms with Gasteiger partial charge in [0.15, 0.2) is 0 Å². The molecule has 17 heavy (non-hydrogen) atoms. The van der Waals surface area contributed by atoms with Crippen LogP contribution in [0.5, 0.6) is 0 Å². The number of hydrogen-bond acceptors (Lipinski definition) is 3. The maximum Gasteiger partial charge on any atom is 0.0332 e. The standard InChI is InChI=1S/C14H24N2S/c1-4-12-9-16(13(5-2)8-15-12)10-14-7-6-11(3)17-14/h6-7,12-13,15H,4-5,8-10H2,1-3H3. The van der Waals surface area contributed by atoms with Gasteiger partial charge in [0.25, 0.3) is 0 Å². The van der Waals surface area contributed by atoms with Gasteiger partial charge in [-0.05, 0) is 31.9 Å². The fourth-order valence-electron chi connectivity index (χ4n) is 2.57. The van der Waals surface area contributed by atoms with E-state index in [9.17, 15) is 0 Å². The van der Waals surface area contributed by atoms with Gasteiger partial charge in [0.05, 0.1) is 0 Å². The number of aryl methyl sites for hydroxylation is 1. The summed E-state index contributed by atoms with van der Waals surface area (Å²) < 4.78 is 0. The maximum atomic E-state index is 3.65. The number of hydrogen-bond donors (Lipinski definition) is 1. The van der Waals surface area contributed by atoms with Crippen LogP contribution in [0, 0.1) is 6.92 Å². The molecule has 2 unspecified atom stereocenters. The lowest BCUT2D eigenvalue weighted by molar-refractivity contribution is 0.118. The monoisotopic (exact) mass is 252 g/mol. The van der Waals surface area contributed by atoms with Crippen LogP contribution in [0.3, 0.4) is 0 Å². The molecular formula is C14H24N2S. The average molecular weight is 252 g/mol. The normalized spacial score (nSPS) is 26.3. The molecule has 1 aliphatic heterocycles. The lowest BCUT2D eigenvalue weighted by atomic mass is 10.1. The zero-order valence-electron chi connectivity index (χ0n) is 11.2. The van der Waals surface area contributed by atoms with Crippen molar-refractivity contribution in [3.63, 3.8) is 0 Å². The van der Waals surface area contributed by atoms with Gasteiger partial charge in [-0.25, -0.2) is 0 Å². The molecule has 1 fully saturated rings. The quantitative estimate of drug-likeness (QED) is 0.886. The van der Waals surface area contributed by atoms with Gasteiger partial charge in [-0.15, -0.1) is 11.3 Å². The number of thiophene rings is 1. The van der Waals surface area contributed by atoms with Crippen LogP contribution in [0.4, 0.5) is 0 Å². The third-order valence-electron chi connectivity index (χ3n) is 3.73. The van der Waals surface area contributed by atoms with Crippen molar-refractivity contribution in [3.05, 3.63) is 21.9 Å².